The average Bonchev–Trinajstić information content (AvgIpc) is 3.16. The molecule has 0 aliphatic carbocycles. The summed E-state index contributed by atoms with van der Waals surface area (Å²) in [4.78, 5) is 27.4. The van der Waals surface area contributed by atoms with E-state index in [1.54, 1.807) is 18.4 Å². The van der Waals surface area contributed by atoms with Gasteiger partial charge in [-0.15, -0.1) is 11.3 Å². The number of amides is 2. The summed E-state index contributed by atoms with van der Waals surface area (Å²) in [6.45, 7) is 2.01. The predicted octanol–water partition coefficient (Wildman–Crippen LogP) is 1.89. The van der Waals surface area contributed by atoms with Gasteiger partial charge in [0.05, 0.1) is 13.0 Å². The Kier molecular flexibility index (Phi) is 4.81. The number of nitrogens with one attached hydrogen (secondary N) is 1. The van der Waals surface area contributed by atoms with Crippen LogP contribution in [0.4, 0.5) is 0 Å². The third-order valence-electron chi connectivity index (χ3n) is 4.22. The van der Waals surface area contributed by atoms with E-state index in [0.717, 1.165) is 17.1 Å². The first kappa shape index (κ1) is 15.8. The van der Waals surface area contributed by atoms with E-state index >= 15 is 0 Å². The number of fused-ring (bicyclic) bond motifs is 1. The summed E-state index contributed by atoms with van der Waals surface area (Å²) in [6, 6.07) is 8.01. The van der Waals surface area contributed by atoms with Crippen LogP contribution >= 0.6 is 11.3 Å². The molecule has 0 bridgehead atoms. The molecule has 1 N–H and O–H groups in total. The van der Waals surface area contributed by atoms with Crippen LogP contribution in [0, 0.1) is 5.92 Å². The van der Waals surface area contributed by atoms with E-state index in [4.69, 9.17) is 0 Å². The highest BCUT2D eigenvalue weighted by molar-refractivity contribution is 7.10. The third kappa shape index (κ3) is 3.82. The topological polar surface area (TPSA) is 54.3 Å². The number of rotatable bonds is 4. The van der Waals surface area contributed by atoms with Crippen molar-refractivity contribution in [3.8, 4) is 0 Å². The Morgan fingerprint density at radius 1 is 1.30 bits per heavy atom. The van der Waals surface area contributed by atoms with Crippen molar-refractivity contribution in [1.82, 2.24) is 14.8 Å². The SMILES string of the molecule is CNC(=O)CC1CN(C(=O)Cc2cccs2)Cc2cccn2C1. The van der Waals surface area contributed by atoms with Crippen LogP contribution in [0.1, 0.15) is 17.0 Å². The van der Waals surface area contributed by atoms with Crippen molar-refractivity contribution in [3.05, 3.63) is 46.4 Å². The molecule has 23 heavy (non-hydrogen) atoms. The van der Waals surface area contributed by atoms with Gasteiger partial charge in [0, 0.05) is 49.2 Å². The van der Waals surface area contributed by atoms with Gasteiger partial charge in [0.1, 0.15) is 0 Å². The Hall–Kier alpha value is -2.08. The van der Waals surface area contributed by atoms with E-state index in [2.05, 4.69) is 9.88 Å². The van der Waals surface area contributed by atoms with Gasteiger partial charge in [-0.2, -0.15) is 0 Å². The Morgan fingerprint density at radius 3 is 2.91 bits per heavy atom. The maximum Gasteiger partial charge on any atom is 0.228 e. The highest BCUT2D eigenvalue weighted by Gasteiger charge is 2.26. The molecule has 1 aliphatic rings. The second-order valence-electron chi connectivity index (χ2n) is 5.93. The van der Waals surface area contributed by atoms with Crippen molar-refractivity contribution < 1.29 is 9.59 Å². The molecular formula is C17H21N3O2S. The lowest BCUT2D eigenvalue weighted by Crippen LogP contribution is -2.36. The fourth-order valence-electron chi connectivity index (χ4n) is 3.04. The second kappa shape index (κ2) is 7.00. The minimum absolute atomic E-state index is 0.0243. The molecule has 6 heteroatoms. The van der Waals surface area contributed by atoms with Gasteiger partial charge in [-0.05, 0) is 23.6 Å². The van der Waals surface area contributed by atoms with Gasteiger partial charge in [0.2, 0.25) is 11.8 Å². The van der Waals surface area contributed by atoms with Gasteiger partial charge in [-0.3, -0.25) is 9.59 Å². The zero-order chi connectivity index (χ0) is 16.2. The lowest BCUT2D eigenvalue weighted by atomic mass is 10.0. The van der Waals surface area contributed by atoms with Gasteiger partial charge in [-0.1, -0.05) is 6.07 Å². The van der Waals surface area contributed by atoms with Crippen LogP contribution in [0.15, 0.2) is 35.8 Å². The summed E-state index contributed by atoms with van der Waals surface area (Å²) in [5.74, 6) is 0.288. The smallest absolute Gasteiger partial charge is 0.228 e. The number of hydrogen-bond acceptors (Lipinski definition) is 3. The fourth-order valence-corrected chi connectivity index (χ4v) is 3.73. The van der Waals surface area contributed by atoms with Crippen LogP contribution in [0.5, 0.6) is 0 Å². The minimum Gasteiger partial charge on any atom is -0.359 e. The monoisotopic (exact) mass is 331 g/mol. The summed E-state index contributed by atoms with van der Waals surface area (Å²) in [6.07, 6.45) is 2.90. The second-order valence-corrected chi connectivity index (χ2v) is 6.96. The zero-order valence-corrected chi connectivity index (χ0v) is 14.0. The maximum absolute atomic E-state index is 12.7. The van der Waals surface area contributed by atoms with E-state index in [9.17, 15) is 9.59 Å². The van der Waals surface area contributed by atoms with Crippen LogP contribution in [0.2, 0.25) is 0 Å². The zero-order valence-electron chi connectivity index (χ0n) is 13.2. The fraction of sp³-hybridized carbons (Fsp3) is 0.412. The molecule has 1 unspecified atom stereocenters. The van der Waals surface area contributed by atoms with Gasteiger partial charge >= 0.3 is 0 Å². The number of aromatic nitrogens is 1. The van der Waals surface area contributed by atoms with Gasteiger partial charge in [0.15, 0.2) is 0 Å². The Morgan fingerprint density at radius 2 is 2.17 bits per heavy atom. The molecular weight excluding hydrogens is 310 g/mol. The first-order valence-electron chi connectivity index (χ1n) is 7.80. The van der Waals surface area contributed by atoms with Crippen LogP contribution in [-0.2, 0) is 29.1 Å². The van der Waals surface area contributed by atoms with Crippen LogP contribution < -0.4 is 5.32 Å². The first-order valence-corrected chi connectivity index (χ1v) is 8.68. The van der Waals surface area contributed by atoms with Crippen LogP contribution in [0.3, 0.4) is 0 Å². The standard InChI is InChI=1S/C17H21N3O2S/c1-18-16(21)8-13-10-19-6-2-4-14(19)12-20(11-13)17(22)9-15-5-3-7-23-15/h2-7,13H,8-12H2,1H3,(H,18,21). The summed E-state index contributed by atoms with van der Waals surface area (Å²) >= 11 is 1.61. The summed E-state index contributed by atoms with van der Waals surface area (Å²) in [5, 5.41) is 4.67. The number of nitrogens with zero attached hydrogens (tertiary/aromatic N) is 2. The molecule has 3 heterocycles. The lowest BCUT2D eigenvalue weighted by molar-refractivity contribution is -0.132. The van der Waals surface area contributed by atoms with Crippen molar-refractivity contribution in [1.29, 1.82) is 0 Å². The van der Waals surface area contributed by atoms with Crippen molar-refractivity contribution in [2.24, 2.45) is 5.92 Å². The highest BCUT2D eigenvalue weighted by Crippen LogP contribution is 2.21. The van der Waals surface area contributed by atoms with E-state index < -0.39 is 0 Å². The van der Waals surface area contributed by atoms with Crippen molar-refractivity contribution in [2.75, 3.05) is 13.6 Å². The van der Waals surface area contributed by atoms with Crippen molar-refractivity contribution in [3.63, 3.8) is 0 Å². The molecule has 1 aliphatic heterocycles. The Bertz CT molecular complexity index is 678. The van der Waals surface area contributed by atoms with E-state index in [1.807, 2.05) is 40.7 Å². The summed E-state index contributed by atoms with van der Waals surface area (Å²) < 4.78 is 2.16. The normalized spacial score (nSPS) is 17.4. The van der Waals surface area contributed by atoms with E-state index in [0.29, 0.717) is 25.9 Å². The number of thiophene rings is 1. The molecule has 0 aromatic carbocycles. The largest absolute Gasteiger partial charge is 0.359 e. The molecule has 0 spiro atoms. The third-order valence-corrected chi connectivity index (χ3v) is 5.10. The first-order chi connectivity index (χ1) is 11.2. The molecule has 2 amide bonds. The number of hydrogen-bond donors (Lipinski definition) is 1. The Balaban J connectivity index is 1.76. The van der Waals surface area contributed by atoms with Crippen LogP contribution in [0.25, 0.3) is 0 Å². The molecule has 2 aromatic heterocycles. The van der Waals surface area contributed by atoms with E-state index in [1.165, 1.54) is 0 Å². The molecule has 0 saturated carbocycles. The molecule has 122 valence electrons. The number of carbonyl (C=O) groups excluding carboxylic acids is 2. The van der Waals surface area contributed by atoms with Gasteiger partial charge < -0.3 is 14.8 Å². The van der Waals surface area contributed by atoms with Gasteiger partial charge in [0.25, 0.3) is 0 Å². The predicted molar refractivity (Wildman–Crippen MR) is 90.0 cm³/mol. The molecule has 5 nitrogen and oxygen atoms in total. The van der Waals surface area contributed by atoms with Crippen molar-refractivity contribution >= 4 is 23.2 Å². The quantitative estimate of drug-likeness (QED) is 0.930. The molecule has 0 fully saturated rings. The molecule has 2 aromatic rings. The molecule has 0 saturated heterocycles. The lowest BCUT2D eigenvalue weighted by Gasteiger charge is -2.24. The number of carbonyl (C=O) groups is 2. The molecule has 1 atom stereocenters. The average molecular weight is 331 g/mol. The summed E-state index contributed by atoms with van der Waals surface area (Å²) in [5.41, 5.74) is 1.13. The Labute approximate surface area is 139 Å². The van der Waals surface area contributed by atoms with E-state index in [-0.39, 0.29) is 17.7 Å². The summed E-state index contributed by atoms with van der Waals surface area (Å²) in [7, 11) is 1.65. The van der Waals surface area contributed by atoms with Crippen LogP contribution in [-0.4, -0.2) is 34.9 Å². The molecule has 3 rings (SSSR count). The maximum atomic E-state index is 12.7. The van der Waals surface area contributed by atoms with Gasteiger partial charge in [-0.25, -0.2) is 0 Å². The minimum atomic E-state index is 0.0243. The van der Waals surface area contributed by atoms with Crippen molar-refractivity contribution in [2.45, 2.75) is 25.9 Å². The highest BCUT2D eigenvalue weighted by atomic mass is 32.1. The molecule has 0 radical (unpaired) electrons.